The lowest BCUT2D eigenvalue weighted by atomic mass is 10.0. The van der Waals surface area contributed by atoms with Gasteiger partial charge in [-0.2, -0.15) is 4.98 Å². The fourth-order valence-corrected chi connectivity index (χ4v) is 5.24. The minimum absolute atomic E-state index is 0.0777. The van der Waals surface area contributed by atoms with E-state index in [1.807, 2.05) is 30.5 Å². The van der Waals surface area contributed by atoms with E-state index in [9.17, 15) is 9.59 Å². The largest absolute Gasteiger partial charge is 0.480 e. The molecule has 0 fully saturated rings. The Hall–Kier alpha value is -3.82. The predicted molar refractivity (Wildman–Crippen MR) is 144 cm³/mol. The molecule has 0 saturated carbocycles. The van der Waals surface area contributed by atoms with E-state index in [1.54, 1.807) is 31.4 Å². The maximum absolute atomic E-state index is 14.1. The second kappa shape index (κ2) is 9.24. The lowest BCUT2D eigenvalue weighted by Gasteiger charge is -2.29. The van der Waals surface area contributed by atoms with E-state index in [-0.39, 0.29) is 29.1 Å². The summed E-state index contributed by atoms with van der Waals surface area (Å²) >= 11 is 12.5. The van der Waals surface area contributed by atoms with Crippen LogP contribution < -0.4 is 20.9 Å². The standard InChI is InChI=1S/C26H24Cl2N6O3/c1-13(2)33-19(18-11-30-26(29)31-23(18)37-4)10-17-22(33)21(14-5-7-15(27)8-6-14)34(24(17)35)20-9-16(28)12-32(3)25(20)36/h5-13,21H,1-4H3,(H2,29,30,31). The number of aromatic nitrogens is 4. The molecule has 37 heavy (non-hydrogen) atoms. The number of benzene rings is 1. The minimum Gasteiger partial charge on any atom is -0.480 e. The quantitative estimate of drug-likeness (QED) is 0.388. The van der Waals surface area contributed by atoms with Gasteiger partial charge in [0.05, 0.1) is 34.6 Å². The number of hydrogen-bond acceptors (Lipinski definition) is 6. The third kappa shape index (κ3) is 4.04. The van der Waals surface area contributed by atoms with Crippen molar-refractivity contribution < 1.29 is 9.53 Å². The molecule has 0 bridgehead atoms. The molecule has 0 saturated heterocycles. The molecule has 11 heteroatoms. The average molecular weight is 539 g/mol. The van der Waals surface area contributed by atoms with Crippen LogP contribution in [0.25, 0.3) is 11.3 Å². The molecule has 1 amide bonds. The number of rotatable bonds is 5. The van der Waals surface area contributed by atoms with E-state index in [2.05, 4.69) is 9.97 Å². The monoisotopic (exact) mass is 538 g/mol. The number of nitrogens with zero attached hydrogens (tertiary/aromatic N) is 5. The number of nitrogens with two attached hydrogens (primary N) is 1. The fourth-order valence-electron chi connectivity index (χ4n) is 4.86. The number of pyridine rings is 1. The first kappa shape index (κ1) is 24.9. The molecule has 4 aromatic rings. The van der Waals surface area contributed by atoms with Crippen LogP contribution in [-0.4, -0.2) is 32.1 Å². The van der Waals surface area contributed by atoms with Crippen molar-refractivity contribution in [1.82, 2.24) is 19.1 Å². The van der Waals surface area contributed by atoms with Crippen LogP contribution in [0.4, 0.5) is 11.6 Å². The molecule has 1 aromatic carbocycles. The summed E-state index contributed by atoms with van der Waals surface area (Å²) in [4.78, 5) is 37.1. The number of carbonyl (C=O) groups is 1. The third-order valence-electron chi connectivity index (χ3n) is 6.38. The first-order chi connectivity index (χ1) is 17.6. The van der Waals surface area contributed by atoms with Crippen molar-refractivity contribution in [2.45, 2.75) is 25.9 Å². The summed E-state index contributed by atoms with van der Waals surface area (Å²) in [7, 11) is 3.10. The molecule has 1 aliphatic heterocycles. The number of ether oxygens (including phenoxy) is 1. The summed E-state index contributed by atoms with van der Waals surface area (Å²) in [6.45, 7) is 4.03. The zero-order chi connectivity index (χ0) is 26.6. The highest BCUT2D eigenvalue weighted by atomic mass is 35.5. The summed E-state index contributed by atoms with van der Waals surface area (Å²) in [5, 5.41) is 0.898. The van der Waals surface area contributed by atoms with Gasteiger partial charge in [-0.3, -0.25) is 14.5 Å². The predicted octanol–water partition coefficient (Wildman–Crippen LogP) is 4.87. The number of aryl methyl sites for hydroxylation is 1. The Labute approximate surface area is 223 Å². The second-order valence-corrected chi connectivity index (χ2v) is 9.91. The van der Waals surface area contributed by atoms with Crippen LogP contribution in [0.1, 0.15) is 47.5 Å². The zero-order valence-corrected chi connectivity index (χ0v) is 22.1. The summed E-state index contributed by atoms with van der Waals surface area (Å²) in [6, 6.07) is 9.82. The number of fused-ring (bicyclic) bond motifs is 1. The topological polar surface area (TPSA) is 108 Å². The summed E-state index contributed by atoms with van der Waals surface area (Å²) in [5.41, 5.74) is 8.86. The number of hydrogen-bond donors (Lipinski definition) is 1. The maximum atomic E-state index is 14.1. The molecule has 3 aromatic heterocycles. The van der Waals surface area contributed by atoms with Gasteiger partial charge in [0.1, 0.15) is 11.7 Å². The van der Waals surface area contributed by atoms with Gasteiger partial charge in [0.25, 0.3) is 11.5 Å². The smallest absolute Gasteiger partial charge is 0.274 e. The van der Waals surface area contributed by atoms with Gasteiger partial charge < -0.3 is 19.6 Å². The highest BCUT2D eigenvalue weighted by Crippen LogP contribution is 2.46. The number of methoxy groups -OCH3 is 1. The van der Waals surface area contributed by atoms with Crippen LogP contribution in [-0.2, 0) is 7.05 Å². The molecule has 9 nitrogen and oxygen atoms in total. The number of halogens is 2. The molecule has 2 N–H and O–H groups in total. The zero-order valence-electron chi connectivity index (χ0n) is 20.6. The van der Waals surface area contributed by atoms with Gasteiger partial charge in [0.2, 0.25) is 11.8 Å². The molecule has 1 unspecified atom stereocenters. The Kier molecular flexibility index (Phi) is 6.21. The first-order valence-corrected chi connectivity index (χ1v) is 12.2. The SMILES string of the molecule is COc1nc(N)ncc1-c1cc2c(n1C(C)C)C(c1ccc(Cl)cc1)N(c1cc(Cl)cn(C)c1=O)C2=O. The van der Waals surface area contributed by atoms with Crippen molar-refractivity contribution in [2.75, 3.05) is 17.7 Å². The molecule has 4 heterocycles. The van der Waals surface area contributed by atoms with Gasteiger partial charge >= 0.3 is 0 Å². The van der Waals surface area contributed by atoms with Crippen LogP contribution in [0.5, 0.6) is 5.88 Å². The van der Waals surface area contributed by atoms with Crippen LogP contribution in [0.15, 0.2) is 53.6 Å². The van der Waals surface area contributed by atoms with E-state index in [0.717, 1.165) is 11.3 Å². The van der Waals surface area contributed by atoms with Gasteiger partial charge in [0, 0.05) is 30.5 Å². The Morgan fingerprint density at radius 1 is 1.05 bits per heavy atom. The van der Waals surface area contributed by atoms with Gasteiger partial charge in [-0.1, -0.05) is 35.3 Å². The molecule has 0 aliphatic carbocycles. The van der Waals surface area contributed by atoms with Gasteiger partial charge in [0.15, 0.2) is 0 Å². The number of amides is 1. The molecule has 190 valence electrons. The van der Waals surface area contributed by atoms with Gasteiger partial charge in [-0.25, -0.2) is 4.98 Å². The van der Waals surface area contributed by atoms with Gasteiger partial charge in [-0.15, -0.1) is 0 Å². The number of anilines is 2. The third-order valence-corrected chi connectivity index (χ3v) is 6.84. The van der Waals surface area contributed by atoms with Crippen LogP contribution in [0.2, 0.25) is 10.0 Å². The number of carbonyl (C=O) groups excluding carboxylic acids is 1. The van der Waals surface area contributed by atoms with E-state index >= 15 is 0 Å². The van der Waals surface area contributed by atoms with Gasteiger partial charge in [-0.05, 0) is 43.7 Å². The summed E-state index contributed by atoms with van der Waals surface area (Å²) in [5.74, 6) is 0.0424. The second-order valence-electron chi connectivity index (χ2n) is 9.03. The van der Waals surface area contributed by atoms with E-state index in [4.69, 9.17) is 33.7 Å². The first-order valence-electron chi connectivity index (χ1n) is 11.5. The van der Waals surface area contributed by atoms with Crippen molar-refractivity contribution in [3.63, 3.8) is 0 Å². The van der Waals surface area contributed by atoms with E-state index < -0.39 is 6.04 Å². The Bertz CT molecular complexity index is 1590. The lowest BCUT2D eigenvalue weighted by Crippen LogP contribution is -2.35. The lowest BCUT2D eigenvalue weighted by molar-refractivity contribution is 0.0993. The highest BCUT2D eigenvalue weighted by molar-refractivity contribution is 6.31. The molecule has 1 aliphatic rings. The molecular weight excluding hydrogens is 515 g/mol. The molecule has 0 radical (unpaired) electrons. The molecular formula is C26H24Cl2N6O3. The normalized spacial score (nSPS) is 14.9. The Morgan fingerprint density at radius 3 is 2.41 bits per heavy atom. The van der Waals surface area contributed by atoms with Crippen molar-refractivity contribution in [1.29, 1.82) is 0 Å². The van der Waals surface area contributed by atoms with Crippen LogP contribution in [0, 0.1) is 0 Å². The van der Waals surface area contributed by atoms with E-state index in [1.165, 1.54) is 28.8 Å². The van der Waals surface area contributed by atoms with Crippen molar-refractivity contribution in [3.05, 3.63) is 86.0 Å². The average Bonchev–Trinajstić information content (AvgIpc) is 3.37. The minimum atomic E-state index is -0.622. The van der Waals surface area contributed by atoms with Crippen LogP contribution >= 0.6 is 23.2 Å². The van der Waals surface area contributed by atoms with Crippen LogP contribution in [0.3, 0.4) is 0 Å². The van der Waals surface area contributed by atoms with Crippen molar-refractivity contribution >= 4 is 40.7 Å². The highest BCUT2D eigenvalue weighted by Gasteiger charge is 2.44. The number of nitrogen functional groups attached to an aromatic ring is 1. The van der Waals surface area contributed by atoms with Crippen molar-refractivity contribution in [2.24, 2.45) is 7.05 Å². The molecule has 1 atom stereocenters. The summed E-state index contributed by atoms with van der Waals surface area (Å²) < 4.78 is 8.89. The maximum Gasteiger partial charge on any atom is 0.274 e. The summed E-state index contributed by atoms with van der Waals surface area (Å²) in [6.07, 6.45) is 3.09. The fraction of sp³-hybridized carbons (Fsp3) is 0.231. The molecule has 5 rings (SSSR count). The Balaban J connectivity index is 1.82. The Morgan fingerprint density at radius 2 is 1.76 bits per heavy atom. The molecule has 0 spiro atoms. The van der Waals surface area contributed by atoms with Crippen molar-refractivity contribution in [3.8, 4) is 17.1 Å². The van der Waals surface area contributed by atoms with E-state index in [0.29, 0.717) is 32.7 Å².